The highest BCUT2D eigenvalue weighted by Crippen LogP contribution is 2.70. The van der Waals surface area contributed by atoms with Crippen molar-refractivity contribution in [3.63, 3.8) is 0 Å². The van der Waals surface area contributed by atoms with Crippen LogP contribution in [0.4, 0.5) is 0 Å². The molecule has 3 unspecified atom stereocenters. The number of rotatable bonds is 5. The topological polar surface area (TPSA) is 166 Å². The first-order valence-corrected chi connectivity index (χ1v) is 11.7. The van der Waals surface area contributed by atoms with Gasteiger partial charge < -0.3 is 30.1 Å². The molecule has 0 radical (unpaired) electrons. The summed E-state index contributed by atoms with van der Waals surface area (Å²) in [6, 6.07) is 0. The second kappa shape index (κ2) is 7.34. The van der Waals surface area contributed by atoms with E-state index in [1.54, 1.807) is 0 Å². The van der Waals surface area contributed by atoms with Crippen molar-refractivity contribution >= 4 is 28.4 Å². The quantitative estimate of drug-likeness (QED) is 0.351. The maximum absolute atomic E-state index is 12.3. The largest absolute Gasteiger partial charge is 0.622 e. The number of hydrogen-bond acceptors (Lipinski definition) is 11. The second-order valence-corrected chi connectivity index (χ2v) is 11.8. The summed E-state index contributed by atoms with van der Waals surface area (Å²) in [5, 5.41) is 37.5. The van der Waals surface area contributed by atoms with Gasteiger partial charge in [0.05, 0.1) is 22.4 Å². The van der Waals surface area contributed by atoms with Crippen LogP contribution in [0.2, 0.25) is 0 Å². The Labute approximate surface area is 137 Å². The molecule has 0 spiro atoms. The molecule has 0 bridgehead atoms. The van der Waals surface area contributed by atoms with Gasteiger partial charge in [0.25, 0.3) is 7.15 Å². The van der Waals surface area contributed by atoms with E-state index in [4.69, 9.17) is 13.8 Å². The fourth-order valence-electron chi connectivity index (χ4n) is 2.14. The molecule has 0 aromatic carbocycles. The molecule has 2 saturated heterocycles. The normalized spacial score (nSPS) is 45.3. The number of sulfone groups is 1. The van der Waals surface area contributed by atoms with Crippen molar-refractivity contribution in [2.45, 2.75) is 36.0 Å². The molecule has 0 aromatic heterocycles. The Morgan fingerprint density at radius 1 is 1.26 bits per heavy atom. The summed E-state index contributed by atoms with van der Waals surface area (Å²) >= 11 is 0.752. The summed E-state index contributed by atoms with van der Waals surface area (Å²) in [6.07, 6.45) is -6.78. The molecular formula is C10H19O10PS2. The lowest BCUT2D eigenvalue weighted by Gasteiger charge is -2.38. The molecule has 4 N–H and O–H groups in total. The molecule has 7 atom stereocenters. The number of aliphatic hydroxyl groups excluding tert-OH is 4. The molecule has 0 aromatic rings. The Bertz CT molecular complexity index is 518. The Morgan fingerprint density at radius 3 is 2.52 bits per heavy atom. The molecule has 10 nitrogen and oxygen atoms in total. The highest BCUT2D eigenvalue weighted by atomic mass is 32.7. The van der Waals surface area contributed by atoms with Crippen molar-refractivity contribution in [1.82, 2.24) is 0 Å². The molecular weight excluding hydrogens is 375 g/mol. The first-order valence-electron chi connectivity index (χ1n) is 6.64. The minimum absolute atomic E-state index is 0.0624. The van der Waals surface area contributed by atoms with E-state index in [-0.39, 0.29) is 12.4 Å². The van der Waals surface area contributed by atoms with Gasteiger partial charge in [-0.15, -0.1) is 0 Å². The predicted molar refractivity (Wildman–Crippen MR) is 78.8 cm³/mol. The standard InChI is InChI=1S/C10H19O10PS2/c1-23(16,17)4-5-2-18-21(15,22-5)19-3-6-7(11)8(12)9(13)10(14)20-6/h5-14H,2-4H2,1H3/t5?,6-,7-,8+,9+,10?,21?/m1/s1. The average Bonchev–Trinajstić information content (AvgIpc) is 2.78. The third-order valence-electron chi connectivity index (χ3n) is 3.27. The molecule has 0 saturated carbocycles. The third-order valence-corrected chi connectivity index (χ3v) is 8.58. The number of ether oxygens (including phenoxy) is 1. The SMILES string of the molecule is CS(=O)(=O)CC1CO[P+]([O-])(OC[C@H]2OC(O)[C@@H](O)[C@@H](O)[C@@H]2O)S1. The fraction of sp³-hybridized carbons (Fsp3) is 1.00. The van der Waals surface area contributed by atoms with Crippen LogP contribution in [-0.4, -0.2) is 90.0 Å². The zero-order valence-corrected chi connectivity index (χ0v) is 14.6. The summed E-state index contributed by atoms with van der Waals surface area (Å²) in [7, 11) is -6.88. The second-order valence-electron chi connectivity index (χ2n) is 5.40. The molecule has 2 aliphatic rings. The van der Waals surface area contributed by atoms with E-state index in [2.05, 4.69) is 0 Å². The predicted octanol–water partition coefficient (Wildman–Crippen LogP) is -2.98. The molecule has 136 valence electrons. The van der Waals surface area contributed by atoms with E-state index in [0.29, 0.717) is 0 Å². The van der Waals surface area contributed by atoms with Crippen LogP contribution in [0.25, 0.3) is 0 Å². The van der Waals surface area contributed by atoms with Crippen molar-refractivity contribution in [2.24, 2.45) is 0 Å². The highest BCUT2D eigenvalue weighted by Gasteiger charge is 2.48. The average molecular weight is 394 g/mol. The molecule has 0 aliphatic carbocycles. The van der Waals surface area contributed by atoms with Crippen LogP contribution in [0.15, 0.2) is 0 Å². The van der Waals surface area contributed by atoms with Gasteiger partial charge in [-0.2, -0.15) is 9.05 Å². The van der Waals surface area contributed by atoms with Crippen molar-refractivity contribution < 1.29 is 47.5 Å². The molecule has 13 heteroatoms. The number of aliphatic hydroxyl groups is 4. The van der Waals surface area contributed by atoms with Gasteiger partial charge in [-0.3, -0.25) is 0 Å². The summed E-state index contributed by atoms with van der Waals surface area (Å²) in [5.41, 5.74) is 0. The van der Waals surface area contributed by atoms with Crippen molar-refractivity contribution in [3.05, 3.63) is 0 Å². The van der Waals surface area contributed by atoms with Crippen molar-refractivity contribution in [3.8, 4) is 0 Å². The molecule has 2 fully saturated rings. The zero-order chi connectivity index (χ0) is 17.4. The van der Waals surface area contributed by atoms with Gasteiger partial charge in [0.2, 0.25) is 0 Å². The van der Waals surface area contributed by atoms with Crippen LogP contribution < -0.4 is 4.89 Å². The van der Waals surface area contributed by atoms with Gasteiger partial charge >= 0.3 is 0 Å². The summed E-state index contributed by atoms with van der Waals surface area (Å²) < 4.78 is 37.4. The smallest absolute Gasteiger partial charge is 0.299 e. The highest BCUT2D eigenvalue weighted by molar-refractivity contribution is 8.57. The lowest BCUT2D eigenvalue weighted by molar-refractivity contribution is -0.288. The molecule has 2 aliphatic heterocycles. The van der Waals surface area contributed by atoms with Crippen LogP contribution in [-0.2, 0) is 23.6 Å². The Morgan fingerprint density at radius 2 is 1.91 bits per heavy atom. The van der Waals surface area contributed by atoms with Gasteiger partial charge in [0.1, 0.15) is 47.5 Å². The first-order chi connectivity index (χ1) is 10.5. The Kier molecular flexibility index (Phi) is 6.30. The minimum Gasteiger partial charge on any atom is -0.622 e. The van der Waals surface area contributed by atoms with E-state index in [0.717, 1.165) is 17.6 Å². The van der Waals surface area contributed by atoms with Gasteiger partial charge in [0, 0.05) is 6.26 Å². The lowest BCUT2D eigenvalue weighted by atomic mass is 10.00. The van der Waals surface area contributed by atoms with Crippen LogP contribution in [0.3, 0.4) is 0 Å². The van der Waals surface area contributed by atoms with Crippen LogP contribution >= 0.6 is 18.5 Å². The number of hydrogen-bond donors (Lipinski definition) is 4. The van der Waals surface area contributed by atoms with E-state index >= 15 is 0 Å². The third kappa shape index (κ3) is 5.19. The van der Waals surface area contributed by atoms with Gasteiger partial charge in [-0.1, -0.05) is 0 Å². The Balaban J connectivity index is 1.88. The monoisotopic (exact) mass is 394 g/mol. The van der Waals surface area contributed by atoms with Crippen molar-refractivity contribution in [1.29, 1.82) is 0 Å². The van der Waals surface area contributed by atoms with Crippen LogP contribution in [0, 0.1) is 0 Å². The maximum atomic E-state index is 12.3. The Hall–Kier alpha value is 0.410. The van der Waals surface area contributed by atoms with E-state index in [9.17, 15) is 33.7 Å². The molecule has 2 rings (SSSR count). The van der Waals surface area contributed by atoms with Crippen LogP contribution in [0.1, 0.15) is 0 Å². The van der Waals surface area contributed by atoms with Gasteiger partial charge in [-0.25, -0.2) is 8.42 Å². The zero-order valence-electron chi connectivity index (χ0n) is 12.1. The molecule has 0 amide bonds. The minimum atomic E-state index is -3.62. The molecule has 23 heavy (non-hydrogen) atoms. The van der Waals surface area contributed by atoms with Crippen molar-refractivity contribution in [2.75, 3.05) is 25.2 Å². The van der Waals surface area contributed by atoms with Gasteiger partial charge in [-0.05, 0) is 0 Å². The molecule has 2 heterocycles. The lowest BCUT2D eigenvalue weighted by Crippen LogP contribution is -2.58. The summed E-state index contributed by atoms with van der Waals surface area (Å²) in [4.78, 5) is 12.3. The maximum Gasteiger partial charge on any atom is 0.299 e. The van der Waals surface area contributed by atoms with E-state index in [1.807, 2.05) is 0 Å². The summed E-state index contributed by atoms with van der Waals surface area (Å²) in [5.74, 6) is -0.211. The summed E-state index contributed by atoms with van der Waals surface area (Å²) in [6.45, 7) is -0.537. The van der Waals surface area contributed by atoms with E-state index < -0.39 is 59.5 Å². The van der Waals surface area contributed by atoms with Crippen LogP contribution in [0.5, 0.6) is 0 Å². The first kappa shape index (κ1) is 19.7. The van der Waals surface area contributed by atoms with E-state index in [1.165, 1.54) is 0 Å². The fourth-order valence-corrected chi connectivity index (χ4v) is 7.93. The van der Waals surface area contributed by atoms with Gasteiger partial charge in [0.15, 0.2) is 6.29 Å².